The first kappa shape index (κ1) is 16.1. The molecule has 0 N–H and O–H groups in total. The van der Waals surface area contributed by atoms with Crippen LogP contribution in [0.15, 0.2) is 22.7 Å². The summed E-state index contributed by atoms with van der Waals surface area (Å²) in [5, 5.41) is 0. The largest absolute Gasteiger partial charge is 0.383 e. The monoisotopic (exact) mass is 333 g/mol. The average molecular weight is 334 g/mol. The molecule has 106 valence electrons. The molecule has 0 aromatic heterocycles. The second-order valence-corrected chi connectivity index (χ2v) is 4.73. The highest BCUT2D eigenvalue weighted by Gasteiger charge is 2.20. The fraction of sp³-hybridized carbons (Fsp3) is 0.462. The number of ether oxygens (including phenoxy) is 2. The zero-order valence-corrected chi connectivity index (χ0v) is 12.6. The highest BCUT2D eigenvalue weighted by molar-refractivity contribution is 9.10. The van der Waals surface area contributed by atoms with Gasteiger partial charge in [0, 0.05) is 27.3 Å². The van der Waals surface area contributed by atoms with Crippen molar-refractivity contribution < 1.29 is 18.7 Å². The number of carbonyl (C=O) groups excluding carboxylic acids is 1. The first-order valence-electron chi connectivity index (χ1n) is 5.83. The molecule has 0 aliphatic carbocycles. The van der Waals surface area contributed by atoms with E-state index < -0.39 is 5.82 Å². The van der Waals surface area contributed by atoms with Gasteiger partial charge in [-0.3, -0.25) is 4.79 Å². The van der Waals surface area contributed by atoms with E-state index in [2.05, 4.69) is 15.9 Å². The van der Waals surface area contributed by atoms with Gasteiger partial charge in [0.25, 0.3) is 5.91 Å². The van der Waals surface area contributed by atoms with E-state index in [4.69, 9.17) is 9.47 Å². The molecule has 19 heavy (non-hydrogen) atoms. The molecule has 0 radical (unpaired) electrons. The van der Waals surface area contributed by atoms with E-state index in [1.165, 1.54) is 11.0 Å². The predicted molar refractivity (Wildman–Crippen MR) is 73.8 cm³/mol. The Labute approximate surface area is 120 Å². The van der Waals surface area contributed by atoms with E-state index in [-0.39, 0.29) is 15.9 Å². The van der Waals surface area contributed by atoms with Crippen LogP contribution in [0.3, 0.4) is 0 Å². The van der Waals surface area contributed by atoms with Crippen molar-refractivity contribution in [1.29, 1.82) is 0 Å². The van der Waals surface area contributed by atoms with Gasteiger partial charge in [-0.15, -0.1) is 0 Å². The van der Waals surface area contributed by atoms with Crippen LogP contribution in [0.4, 0.5) is 4.39 Å². The van der Waals surface area contributed by atoms with Crippen molar-refractivity contribution in [3.05, 3.63) is 34.1 Å². The SMILES string of the molecule is COCCN(CCOC)C(=O)c1cccc(Br)c1F. The van der Waals surface area contributed by atoms with Gasteiger partial charge in [-0.25, -0.2) is 4.39 Å². The topological polar surface area (TPSA) is 38.8 Å². The van der Waals surface area contributed by atoms with Crippen LogP contribution in [0, 0.1) is 5.82 Å². The zero-order chi connectivity index (χ0) is 14.3. The van der Waals surface area contributed by atoms with Crippen molar-refractivity contribution in [1.82, 2.24) is 4.90 Å². The summed E-state index contributed by atoms with van der Waals surface area (Å²) in [6.07, 6.45) is 0. The lowest BCUT2D eigenvalue weighted by atomic mass is 10.2. The fourth-order valence-electron chi connectivity index (χ4n) is 1.56. The highest BCUT2D eigenvalue weighted by atomic mass is 79.9. The molecular weight excluding hydrogens is 317 g/mol. The summed E-state index contributed by atoms with van der Waals surface area (Å²) in [5.74, 6) is -0.916. The molecule has 0 bridgehead atoms. The van der Waals surface area contributed by atoms with Crippen LogP contribution in [-0.2, 0) is 9.47 Å². The van der Waals surface area contributed by atoms with Gasteiger partial charge in [0.05, 0.1) is 23.2 Å². The summed E-state index contributed by atoms with van der Waals surface area (Å²) < 4.78 is 24.1. The predicted octanol–water partition coefficient (Wildman–Crippen LogP) is 2.32. The Morgan fingerprint density at radius 1 is 1.26 bits per heavy atom. The number of nitrogens with zero attached hydrogens (tertiary/aromatic N) is 1. The van der Waals surface area contributed by atoms with E-state index in [9.17, 15) is 9.18 Å². The summed E-state index contributed by atoms with van der Waals surface area (Å²) in [6, 6.07) is 4.65. The number of benzene rings is 1. The number of methoxy groups -OCH3 is 2. The smallest absolute Gasteiger partial charge is 0.257 e. The van der Waals surface area contributed by atoms with Crippen molar-refractivity contribution in [3.8, 4) is 0 Å². The quantitative estimate of drug-likeness (QED) is 0.768. The number of amides is 1. The molecule has 1 amide bonds. The molecule has 0 aliphatic heterocycles. The Morgan fingerprint density at radius 3 is 2.37 bits per heavy atom. The molecule has 0 spiro atoms. The Balaban J connectivity index is 2.87. The van der Waals surface area contributed by atoms with Crippen molar-refractivity contribution in [2.24, 2.45) is 0 Å². The standard InChI is InChI=1S/C13H17BrFNO3/c1-18-8-6-16(7-9-19-2)13(17)10-4-3-5-11(14)12(10)15/h3-5H,6-9H2,1-2H3. The molecule has 4 nitrogen and oxygen atoms in total. The summed E-state index contributed by atoms with van der Waals surface area (Å²) in [7, 11) is 3.11. The minimum Gasteiger partial charge on any atom is -0.383 e. The van der Waals surface area contributed by atoms with Gasteiger partial charge in [0.2, 0.25) is 0 Å². The Morgan fingerprint density at radius 2 is 1.84 bits per heavy atom. The molecular formula is C13H17BrFNO3. The van der Waals surface area contributed by atoms with Gasteiger partial charge < -0.3 is 14.4 Å². The lowest BCUT2D eigenvalue weighted by Gasteiger charge is -2.22. The lowest BCUT2D eigenvalue weighted by molar-refractivity contribution is 0.0623. The molecule has 0 atom stereocenters. The molecule has 0 saturated carbocycles. The van der Waals surface area contributed by atoms with Gasteiger partial charge in [-0.1, -0.05) is 6.07 Å². The van der Waals surface area contributed by atoms with Gasteiger partial charge in [0.1, 0.15) is 5.82 Å². The van der Waals surface area contributed by atoms with Crippen LogP contribution in [0.5, 0.6) is 0 Å². The number of carbonyl (C=O) groups is 1. The minimum atomic E-state index is -0.549. The number of halogens is 2. The van der Waals surface area contributed by atoms with Crippen molar-refractivity contribution in [2.75, 3.05) is 40.5 Å². The van der Waals surface area contributed by atoms with E-state index in [0.29, 0.717) is 26.3 Å². The number of rotatable bonds is 7. The summed E-state index contributed by atoms with van der Waals surface area (Å²) in [6.45, 7) is 1.57. The minimum absolute atomic E-state index is 0.0431. The maximum absolute atomic E-state index is 13.9. The van der Waals surface area contributed by atoms with E-state index >= 15 is 0 Å². The maximum atomic E-state index is 13.9. The second kappa shape index (κ2) is 8.24. The molecule has 0 unspecified atom stereocenters. The van der Waals surface area contributed by atoms with Crippen molar-refractivity contribution in [2.45, 2.75) is 0 Å². The lowest BCUT2D eigenvalue weighted by Crippen LogP contribution is -2.37. The molecule has 1 aromatic rings. The summed E-state index contributed by atoms with van der Waals surface area (Å²) >= 11 is 3.07. The second-order valence-electron chi connectivity index (χ2n) is 3.88. The summed E-state index contributed by atoms with van der Waals surface area (Å²) in [4.78, 5) is 13.8. The highest BCUT2D eigenvalue weighted by Crippen LogP contribution is 2.19. The van der Waals surface area contributed by atoms with Crippen LogP contribution in [-0.4, -0.2) is 51.3 Å². The first-order valence-corrected chi connectivity index (χ1v) is 6.62. The van der Waals surface area contributed by atoms with Crippen molar-refractivity contribution >= 4 is 21.8 Å². The molecule has 0 heterocycles. The number of hydrogen-bond donors (Lipinski definition) is 0. The maximum Gasteiger partial charge on any atom is 0.257 e. The van der Waals surface area contributed by atoms with Gasteiger partial charge in [0.15, 0.2) is 0 Å². The average Bonchev–Trinajstić information content (AvgIpc) is 2.41. The van der Waals surface area contributed by atoms with Gasteiger partial charge in [-0.05, 0) is 28.1 Å². The van der Waals surface area contributed by atoms with Crippen LogP contribution in [0.25, 0.3) is 0 Å². The fourth-order valence-corrected chi connectivity index (χ4v) is 1.92. The normalized spacial score (nSPS) is 10.5. The summed E-state index contributed by atoms with van der Waals surface area (Å²) in [5.41, 5.74) is 0.0431. The Hall–Kier alpha value is -0.980. The van der Waals surface area contributed by atoms with Gasteiger partial charge >= 0.3 is 0 Å². The van der Waals surface area contributed by atoms with Crippen LogP contribution in [0.1, 0.15) is 10.4 Å². The van der Waals surface area contributed by atoms with Crippen LogP contribution >= 0.6 is 15.9 Å². The van der Waals surface area contributed by atoms with Crippen LogP contribution < -0.4 is 0 Å². The van der Waals surface area contributed by atoms with E-state index in [0.717, 1.165) is 0 Å². The third-order valence-electron chi connectivity index (χ3n) is 2.60. The molecule has 0 aliphatic rings. The first-order chi connectivity index (χ1) is 9.11. The van der Waals surface area contributed by atoms with Crippen molar-refractivity contribution in [3.63, 3.8) is 0 Å². The molecule has 0 saturated heterocycles. The van der Waals surface area contributed by atoms with E-state index in [1.54, 1.807) is 26.4 Å². The molecule has 6 heteroatoms. The zero-order valence-electron chi connectivity index (χ0n) is 11.0. The molecule has 1 aromatic carbocycles. The molecule has 0 fully saturated rings. The van der Waals surface area contributed by atoms with E-state index in [1.807, 2.05) is 0 Å². The Bertz CT molecular complexity index is 420. The number of hydrogen-bond acceptors (Lipinski definition) is 3. The third kappa shape index (κ3) is 4.56. The Kier molecular flexibility index (Phi) is 6.97. The third-order valence-corrected chi connectivity index (χ3v) is 3.21. The molecule has 1 rings (SSSR count). The van der Waals surface area contributed by atoms with Gasteiger partial charge in [-0.2, -0.15) is 0 Å². The van der Waals surface area contributed by atoms with Crippen LogP contribution in [0.2, 0.25) is 0 Å².